The summed E-state index contributed by atoms with van der Waals surface area (Å²) in [5, 5.41) is 7.78. The standard InChI is InChI=1S/C15H21N3/c1-12(2)10-13(3)17-14-6-4-7-15(11-14)18-9-5-8-16-18/h4-9,11-13,17H,10H2,1-3H3. The van der Waals surface area contributed by atoms with Crippen LogP contribution < -0.4 is 5.32 Å². The first kappa shape index (κ1) is 12.7. The molecule has 1 N–H and O–H groups in total. The lowest BCUT2D eigenvalue weighted by Crippen LogP contribution is -2.17. The SMILES string of the molecule is CC(C)CC(C)Nc1cccc(-n2cccn2)c1. The number of benzene rings is 1. The zero-order valence-electron chi connectivity index (χ0n) is 11.3. The molecule has 0 fully saturated rings. The monoisotopic (exact) mass is 243 g/mol. The van der Waals surface area contributed by atoms with E-state index in [1.807, 2.05) is 16.9 Å². The summed E-state index contributed by atoms with van der Waals surface area (Å²) >= 11 is 0. The van der Waals surface area contributed by atoms with Gasteiger partial charge in [0.1, 0.15) is 0 Å². The first-order valence-corrected chi connectivity index (χ1v) is 6.52. The van der Waals surface area contributed by atoms with Crippen molar-refractivity contribution in [2.75, 3.05) is 5.32 Å². The van der Waals surface area contributed by atoms with Crippen LogP contribution in [0.5, 0.6) is 0 Å². The van der Waals surface area contributed by atoms with E-state index in [9.17, 15) is 0 Å². The Morgan fingerprint density at radius 2 is 2.06 bits per heavy atom. The van der Waals surface area contributed by atoms with Gasteiger partial charge in [0.2, 0.25) is 0 Å². The van der Waals surface area contributed by atoms with Gasteiger partial charge >= 0.3 is 0 Å². The number of hydrogen-bond donors (Lipinski definition) is 1. The molecule has 0 spiro atoms. The number of nitrogens with zero attached hydrogens (tertiary/aromatic N) is 2. The molecule has 3 nitrogen and oxygen atoms in total. The molecule has 0 radical (unpaired) electrons. The lowest BCUT2D eigenvalue weighted by atomic mass is 10.1. The summed E-state index contributed by atoms with van der Waals surface area (Å²) in [6.07, 6.45) is 4.92. The second-order valence-electron chi connectivity index (χ2n) is 5.18. The van der Waals surface area contributed by atoms with Gasteiger partial charge in [-0.25, -0.2) is 4.68 Å². The third-order valence-electron chi connectivity index (χ3n) is 2.85. The maximum atomic E-state index is 4.24. The number of nitrogens with one attached hydrogen (secondary N) is 1. The Morgan fingerprint density at radius 1 is 1.22 bits per heavy atom. The van der Waals surface area contributed by atoms with Crippen molar-refractivity contribution in [2.45, 2.75) is 33.2 Å². The molecule has 0 bridgehead atoms. The van der Waals surface area contributed by atoms with Crippen LogP contribution in [0.25, 0.3) is 5.69 Å². The molecule has 1 atom stereocenters. The van der Waals surface area contributed by atoms with Crippen LogP contribution in [-0.2, 0) is 0 Å². The highest BCUT2D eigenvalue weighted by atomic mass is 15.3. The molecule has 1 aromatic heterocycles. The molecule has 3 heteroatoms. The maximum Gasteiger partial charge on any atom is 0.0666 e. The van der Waals surface area contributed by atoms with Crippen molar-refractivity contribution in [2.24, 2.45) is 5.92 Å². The van der Waals surface area contributed by atoms with Crippen LogP contribution in [0.4, 0.5) is 5.69 Å². The van der Waals surface area contributed by atoms with Gasteiger partial charge < -0.3 is 5.32 Å². The molecule has 1 heterocycles. The molecule has 1 unspecified atom stereocenters. The highest BCUT2D eigenvalue weighted by Gasteiger charge is 2.05. The van der Waals surface area contributed by atoms with E-state index >= 15 is 0 Å². The van der Waals surface area contributed by atoms with Crippen molar-refractivity contribution >= 4 is 5.69 Å². The largest absolute Gasteiger partial charge is 0.383 e. The van der Waals surface area contributed by atoms with E-state index in [1.54, 1.807) is 6.20 Å². The van der Waals surface area contributed by atoms with Crippen LogP contribution in [0.3, 0.4) is 0 Å². The van der Waals surface area contributed by atoms with Gasteiger partial charge in [0.05, 0.1) is 5.69 Å². The van der Waals surface area contributed by atoms with Gasteiger partial charge in [-0.05, 0) is 43.5 Å². The summed E-state index contributed by atoms with van der Waals surface area (Å²) in [4.78, 5) is 0. The van der Waals surface area contributed by atoms with Crippen molar-refractivity contribution in [1.82, 2.24) is 9.78 Å². The molecular formula is C15H21N3. The summed E-state index contributed by atoms with van der Waals surface area (Å²) in [5.74, 6) is 0.710. The molecule has 18 heavy (non-hydrogen) atoms. The minimum atomic E-state index is 0.484. The Hall–Kier alpha value is -1.77. The van der Waals surface area contributed by atoms with E-state index in [0.29, 0.717) is 12.0 Å². The molecule has 1 aromatic carbocycles. The van der Waals surface area contributed by atoms with Gasteiger partial charge in [0.15, 0.2) is 0 Å². The van der Waals surface area contributed by atoms with E-state index in [4.69, 9.17) is 0 Å². The fourth-order valence-electron chi connectivity index (χ4n) is 2.21. The van der Waals surface area contributed by atoms with Crippen LogP contribution in [0.15, 0.2) is 42.7 Å². The summed E-state index contributed by atoms with van der Waals surface area (Å²) in [6, 6.07) is 10.8. The third-order valence-corrected chi connectivity index (χ3v) is 2.85. The summed E-state index contributed by atoms with van der Waals surface area (Å²) in [5.41, 5.74) is 2.23. The number of hydrogen-bond acceptors (Lipinski definition) is 2. The lowest BCUT2D eigenvalue weighted by molar-refractivity contribution is 0.540. The average molecular weight is 243 g/mol. The van der Waals surface area contributed by atoms with Crippen LogP contribution in [-0.4, -0.2) is 15.8 Å². The second kappa shape index (κ2) is 5.71. The first-order chi connectivity index (χ1) is 8.65. The predicted molar refractivity (Wildman–Crippen MR) is 76.1 cm³/mol. The van der Waals surface area contributed by atoms with Crippen LogP contribution in [0, 0.1) is 5.92 Å². The van der Waals surface area contributed by atoms with Crippen LogP contribution >= 0.6 is 0 Å². The molecule has 0 amide bonds. The van der Waals surface area contributed by atoms with Gasteiger partial charge in [-0.1, -0.05) is 19.9 Å². The summed E-state index contributed by atoms with van der Waals surface area (Å²) < 4.78 is 1.87. The van der Waals surface area contributed by atoms with Crippen LogP contribution in [0.2, 0.25) is 0 Å². The number of anilines is 1. The lowest BCUT2D eigenvalue weighted by Gasteiger charge is -2.17. The zero-order chi connectivity index (χ0) is 13.0. The van der Waals surface area contributed by atoms with E-state index in [2.05, 4.69) is 55.5 Å². The van der Waals surface area contributed by atoms with Crippen molar-refractivity contribution in [3.8, 4) is 5.69 Å². The highest BCUT2D eigenvalue weighted by molar-refractivity contribution is 5.51. The molecule has 96 valence electrons. The van der Waals surface area contributed by atoms with Gasteiger partial charge in [0.25, 0.3) is 0 Å². The number of aromatic nitrogens is 2. The Bertz CT molecular complexity index is 474. The average Bonchev–Trinajstić information content (AvgIpc) is 2.81. The van der Waals surface area contributed by atoms with E-state index in [1.165, 1.54) is 6.42 Å². The van der Waals surface area contributed by atoms with E-state index in [0.717, 1.165) is 11.4 Å². The smallest absolute Gasteiger partial charge is 0.0666 e. The summed E-state index contributed by atoms with van der Waals surface area (Å²) in [6.45, 7) is 6.72. The van der Waals surface area contributed by atoms with Gasteiger partial charge in [-0.2, -0.15) is 5.10 Å². The third kappa shape index (κ3) is 3.36. The Kier molecular flexibility index (Phi) is 4.03. The van der Waals surface area contributed by atoms with Crippen molar-refractivity contribution in [3.05, 3.63) is 42.7 Å². The molecular weight excluding hydrogens is 222 g/mol. The van der Waals surface area contributed by atoms with Gasteiger partial charge in [-0.15, -0.1) is 0 Å². The highest BCUT2D eigenvalue weighted by Crippen LogP contribution is 2.16. The molecule has 0 aliphatic rings. The molecule has 2 rings (SSSR count). The fourth-order valence-corrected chi connectivity index (χ4v) is 2.21. The molecule has 0 saturated heterocycles. The Morgan fingerprint density at radius 3 is 2.72 bits per heavy atom. The fraction of sp³-hybridized carbons (Fsp3) is 0.400. The van der Waals surface area contributed by atoms with E-state index < -0.39 is 0 Å². The van der Waals surface area contributed by atoms with Gasteiger partial charge in [0, 0.05) is 24.1 Å². The molecule has 0 aliphatic heterocycles. The Balaban J connectivity index is 2.08. The molecule has 0 saturated carbocycles. The predicted octanol–water partition coefficient (Wildman–Crippen LogP) is 3.72. The van der Waals surface area contributed by atoms with E-state index in [-0.39, 0.29) is 0 Å². The minimum Gasteiger partial charge on any atom is -0.383 e. The van der Waals surface area contributed by atoms with Crippen molar-refractivity contribution < 1.29 is 0 Å². The molecule has 0 aliphatic carbocycles. The quantitative estimate of drug-likeness (QED) is 0.867. The van der Waals surface area contributed by atoms with Crippen molar-refractivity contribution in [3.63, 3.8) is 0 Å². The maximum absolute atomic E-state index is 4.24. The topological polar surface area (TPSA) is 29.9 Å². The molecule has 2 aromatic rings. The Labute approximate surface area is 109 Å². The normalized spacial score (nSPS) is 12.7. The van der Waals surface area contributed by atoms with Crippen molar-refractivity contribution in [1.29, 1.82) is 0 Å². The second-order valence-corrected chi connectivity index (χ2v) is 5.18. The summed E-state index contributed by atoms with van der Waals surface area (Å²) in [7, 11) is 0. The van der Waals surface area contributed by atoms with Crippen LogP contribution in [0.1, 0.15) is 27.2 Å². The first-order valence-electron chi connectivity index (χ1n) is 6.52. The van der Waals surface area contributed by atoms with Gasteiger partial charge in [-0.3, -0.25) is 0 Å². The number of rotatable bonds is 5. The zero-order valence-corrected chi connectivity index (χ0v) is 11.3. The minimum absolute atomic E-state index is 0.484.